The quantitative estimate of drug-likeness (QED) is 0.893. The molecule has 126 valence electrons. The summed E-state index contributed by atoms with van der Waals surface area (Å²) in [6.07, 6.45) is 1.77. The molecule has 1 atom stereocenters. The number of carbonyl (C=O) groups is 1. The van der Waals surface area contributed by atoms with Crippen molar-refractivity contribution in [1.29, 1.82) is 0 Å². The number of carbonyl (C=O) groups excluding carboxylic acids is 1. The van der Waals surface area contributed by atoms with Gasteiger partial charge in [0.05, 0.1) is 6.61 Å². The standard InChI is InChI=1S/C20H24N2O2/c1-13-4-6-18(10-14(13)2)22-20(23)21-15(3)11-16-5-7-19-17(12-16)8-9-24-19/h4-7,10,12,15H,8-9,11H2,1-3H3,(H2,21,22,23). The number of aryl methyl sites for hydroxylation is 2. The molecule has 1 aliphatic rings. The normalized spacial score (nSPS) is 13.8. The van der Waals surface area contributed by atoms with E-state index in [-0.39, 0.29) is 12.1 Å². The maximum atomic E-state index is 12.2. The molecule has 24 heavy (non-hydrogen) atoms. The lowest BCUT2D eigenvalue weighted by Crippen LogP contribution is -2.37. The highest BCUT2D eigenvalue weighted by Crippen LogP contribution is 2.26. The third-order valence-electron chi connectivity index (χ3n) is 4.44. The Bertz CT molecular complexity index is 755. The first kappa shape index (κ1) is 16.4. The molecule has 1 heterocycles. The second-order valence-electron chi connectivity index (χ2n) is 6.54. The number of amides is 2. The number of hydrogen-bond donors (Lipinski definition) is 2. The molecule has 2 aromatic carbocycles. The van der Waals surface area contributed by atoms with E-state index in [1.54, 1.807) is 0 Å². The Hall–Kier alpha value is -2.49. The van der Waals surface area contributed by atoms with Crippen LogP contribution in [0.15, 0.2) is 36.4 Å². The summed E-state index contributed by atoms with van der Waals surface area (Å²) in [5, 5.41) is 5.90. The molecule has 1 unspecified atom stereocenters. The van der Waals surface area contributed by atoms with Gasteiger partial charge in [-0.2, -0.15) is 0 Å². The molecule has 0 fully saturated rings. The van der Waals surface area contributed by atoms with Crippen LogP contribution >= 0.6 is 0 Å². The monoisotopic (exact) mass is 324 g/mol. The van der Waals surface area contributed by atoms with Gasteiger partial charge in [0.15, 0.2) is 0 Å². The first-order chi connectivity index (χ1) is 11.5. The number of nitrogens with one attached hydrogen (secondary N) is 2. The molecular weight excluding hydrogens is 300 g/mol. The fourth-order valence-electron chi connectivity index (χ4n) is 2.98. The molecule has 0 bridgehead atoms. The van der Waals surface area contributed by atoms with Crippen LogP contribution in [-0.4, -0.2) is 18.7 Å². The maximum absolute atomic E-state index is 12.2. The summed E-state index contributed by atoms with van der Waals surface area (Å²) in [5.74, 6) is 0.992. The number of ether oxygens (including phenoxy) is 1. The van der Waals surface area contributed by atoms with Crippen molar-refractivity contribution in [3.63, 3.8) is 0 Å². The van der Waals surface area contributed by atoms with E-state index in [0.29, 0.717) is 0 Å². The highest BCUT2D eigenvalue weighted by Gasteiger charge is 2.14. The SMILES string of the molecule is Cc1ccc(NC(=O)NC(C)Cc2ccc3c(c2)CCO3)cc1C. The summed E-state index contributed by atoms with van der Waals surface area (Å²) >= 11 is 0. The molecular formula is C20H24N2O2. The number of hydrogen-bond acceptors (Lipinski definition) is 2. The molecule has 0 radical (unpaired) electrons. The van der Waals surface area contributed by atoms with E-state index in [2.05, 4.69) is 29.7 Å². The average Bonchev–Trinajstić information content (AvgIpc) is 2.98. The average molecular weight is 324 g/mol. The molecule has 0 saturated carbocycles. The van der Waals surface area contributed by atoms with E-state index >= 15 is 0 Å². The van der Waals surface area contributed by atoms with Gasteiger partial charge in [0.25, 0.3) is 0 Å². The Morgan fingerprint density at radius 3 is 2.79 bits per heavy atom. The Kier molecular flexibility index (Phi) is 4.74. The van der Waals surface area contributed by atoms with Gasteiger partial charge in [-0.1, -0.05) is 18.2 Å². The fourth-order valence-corrected chi connectivity index (χ4v) is 2.98. The number of anilines is 1. The van der Waals surface area contributed by atoms with E-state index in [4.69, 9.17) is 4.74 Å². The van der Waals surface area contributed by atoms with Gasteiger partial charge in [0.2, 0.25) is 0 Å². The smallest absolute Gasteiger partial charge is 0.319 e. The summed E-state index contributed by atoms with van der Waals surface area (Å²) in [7, 11) is 0. The van der Waals surface area contributed by atoms with Gasteiger partial charge in [-0.15, -0.1) is 0 Å². The summed E-state index contributed by atoms with van der Waals surface area (Å²) in [6, 6.07) is 12.1. The summed E-state index contributed by atoms with van der Waals surface area (Å²) in [6.45, 7) is 6.89. The van der Waals surface area contributed by atoms with E-state index in [0.717, 1.165) is 30.9 Å². The first-order valence-corrected chi connectivity index (χ1v) is 8.40. The summed E-state index contributed by atoms with van der Waals surface area (Å²) in [4.78, 5) is 12.2. The van der Waals surface area contributed by atoms with Gasteiger partial charge in [-0.3, -0.25) is 0 Å². The Morgan fingerprint density at radius 1 is 1.17 bits per heavy atom. The highest BCUT2D eigenvalue weighted by molar-refractivity contribution is 5.89. The van der Waals surface area contributed by atoms with Crippen molar-refractivity contribution in [2.45, 2.75) is 39.7 Å². The topological polar surface area (TPSA) is 50.4 Å². The largest absolute Gasteiger partial charge is 0.493 e. The van der Waals surface area contributed by atoms with E-state index < -0.39 is 0 Å². The van der Waals surface area contributed by atoms with Gasteiger partial charge in [-0.05, 0) is 67.6 Å². The van der Waals surface area contributed by atoms with Gasteiger partial charge >= 0.3 is 6.03 Å². The predicted molar refractivity (Wildman–Crippen MR) is 96.9 cm³/mol. The van der Waals surface area contributed by atoms with Crippen molar-refractivity contribution in [3.05, 3.63) is 58.7 Å². The minimum absolute atomic E-state index is 0.0527. The first-order valence-electron chi connectivity index (χ1n) is 8.40. The van der Waals surface area contributed by atoms with E-state index in [1.807, 2.05) is 38.1 Å². The van der Waals surface area contributed by atoms with Gasteiger partial charge in [-0.25, -0.2) is 4.79 Å². The highest BCUT2D eigenvalue weighted by atomic mass is 16.5. The lowest BCUT2D eigenvalue weighted by Gasteiger charge is -2.16. The molecule has 2 aromatic rings. The molecule has 0 spiro atoms. The molecule has 0 aromatic heterocycles. The van der Waals surface area contributed by atoms with Crippen LogP contribution in [0, 0.1) is 13.8 Å². The Balaban J connectivity index is 1.55. The second-order valence-corrected chi connectivity index (χ2v) is 6.54. The van der Waals surface area contributed by atoms with E-state index in [1.165, 1.54) is 22.3 Å². The lowest BCUT2D eigenvalue weighted by atomic mass is 10.0. The van der Waals surface area contributed by atoms with Crippen molar-refractivity contribution in [3.8, 4) is 5.75 Å². The molecule has 1 aliphatic heterocycles. The third-order valence-corrected chi connectivity index (χ3v) is 4.44. The van der Waals surface area contributed by atoms with Crippen molar-refractivity contribution in [2.75, 3.05) is 11.9 Å². The molecule has 3 rings (SSSR count). The molecule has 4 heteroatoms. The van der Waals surface area contributed by atoms with Crippen molar-refractivity contribution < 1.29 is 9.53 Å². The lowest BCUT2D eigenvalue weighted by molar-refractivity contribution is 0.249. The van der Waals surface area contributed by atoms with Crippen LogP contribution in [0.4, 0.5) is 10.5 Å². The van der Waals surface area contributed by atoms with Crippen molar-refractivity contribution in [1.82, 2.24) is 5.32 Å². The molecule has 0 saturated heterocycles. The fraction of sp³-hybridized carbons (Fsp3) is 0.350. The Morgan fingerprint density at radius 2 is 2.00 bits per heavy atom. The second kappa shape index (κ2) is 6.95. The molecule has 2 N–H and O–H groups in total. The van der Waals surface area contributed by atoms with Gasteiger partial charge in [0, 0.05) is 18.2 Å². The Labute approximate surface area is 143 Å². The zero-order chi connectivity index (χ0) is 17.1. The van der Waals surface area contributed by atoms with Crippen LogP contribution in [0.5, 0.6) is 5.75 Å². The number of fused-ring (bicyclic) bond motifs is 1. The van der Waals surface area contributed by atoms with Crippen molar-refractivity contribution >= 4 is 11.7 Å². The van der Waals surface area contributed by atoms with Gasteiger partial charge < -0.3 is 15.4 Å². The van der Waals surface area contributed by atoms with Crippen LogP contribution in [0.3, 0.4) is 0 Å². The third kappa shape index (κ3) is 3.88. The molecule has 0 aliphatic carbocycles. The van der Waals surface area contributed by atoms with Crippen LogP contribution in [0.25, 0.3) is 0 Å². The van der Waals surface area contributed by atoms with Crippen LogP contribution in [-0.2, 0) is 12.8 Å². The van der Waals surface area contributed by atoms with Crippen molar-refractivity contribution in [2.24, 2.45) is 0 Å². The maximum Gasteiger partial charge on any atom is 0.319 e. The number of urea groups is 1. The van der Waals surface area contributed by atoms with Crippen LogP contribution < -0.4 is 15.4 Å². The summed E-state index contributed by atoms with van der Waals surface area (Å²) < 4.78 is 5.53. The van der Waals surface area contributed by atoms with Crippen LogP contribution in [0.1, 0.15) is 29.2 Å². The minimum atomic E-state index is -0.171. The predicted octanol–water partition coefficient (Wildman–Crippen LogP) is 3.99. The van der Waals surface area contributed by atoms with Gasteiger partial charge in [0.1, 0.15) is 5.75 Å². The molecule has 2 amide bonds. The van der Waals surface area contributed by atoms with Crippen LogP contribution in [0.2, 0.25) is 0 Å². The van der Waals surface area contributed by atoms with E-state index in [9.17, 15) is 4.79 Å². The summed E-state index contributed by atoms with van der Waals surface area (Å²) in [5.41, 5.74) is 5.69. The molecule has 4 nitrogen and oxygen atoms in total. The number of rotatable bonds is 4. The minimum Gasteiger partial charge on any atom is -0.493 e. The zero-order valence-corrected chi connectivity index (χ0v) is 14.5. The zero-order valence-electron chi connectivity index (χ0n) is 14.5. The number of benzene rings is 2.